The summed E-state index contributed by atoms with van der Waals surface area (Å²) < 4.78 is 0.823. The number of halogens is 3. The van der Waals surface area contributed by atoms with E-state index in [0.29, 0.717) is 15.6 Å². The number of aliphatic hydroxyl groups is 1. The molecule has 2 aromatic carbocycles. The van der Waals surface area contributed by atoms with Gasteiger partial charge in [0.25, 0.3) is 0 Å². The lowest BCUT2D eigenvalue weighted by molar-refractivity contribution is 0.278. The Bertz CT molecular complexity index is 602. The first-order chi connectivity index (χ1) is 9.02. The molecule has 0 aromatic heterocycles. The summed E-state index contributed by atoms with van der Waals surface area (Å²) in [4.78, 5) is 0. The molecular weight excluding hydrogens is 351 g/mol. The van der Waals surface area contributed by atoms with Crippen LogP contribution in [0.1, 0.15) is 17.0 Å². The lowest BCUT2D eigenvalue weighted by atomic mass is 9.91. The maximum Gasteiger partial charge on any atom is 0.119 e. The van der Waals surface area contributed by atoms with Gasteiger partial charge in [-0.1, -0.05) is 45.2 Å². The number of benzene rings is 2. The van der Waals surface area contributed by atoms with Crippen LogP contribution in [0.25, 0.3) is 0 Å². The minimum absolute atomic E-state index is 0.119. The number of rotatable bonds is 3. The van der Waals surface area contributed by atoms with E-state index in [2.05, 4.69) is 15.9 Å². The van der Waals surface area contributed by atoms with Crippen LogP contribution in [0, 0.1) is 0 Å². The van der Waals surface area contributed by atoms with Crippen molar-refractivity contribution in [1.29, 1.82) is 0 Å². The van der Waals surface area contributed by atoms with Crippen LogP contribution in [-0.2, 0) is 0 Å². The Balaban J connectivity index is 2.52. The van der Waals surface area contributed by atoms with Gasteiger partial charge in [-0.25, -0.2) is 0 Å². The summed E-state index contributed by atoms with van der Waals surface area (Å²) in [5, 5.41) is 20.6. The fourth-order valence-corrected chi connectivity index (χ4v) is 2.87. The Morgan fingerprint density at radius 3 is 2.42 bits per heavy atom. The molecule has 0 radical (unpaired) electrons. The van der Waals surface area contributed by atoms with Gasteiger partial charge in [0.15, 0.2) is 0 Å². The maximum absolute atomic E-state index is 9.94. The topological polar surface area (TPSA) is 40.5 Å². The highest BCUT2D eigenvalue weighted by Crippen LogP contribution is 2.36. The summed E-state index contributed by atoms with van der Waals surface area (Å²) in [7, 11) is 0. The lowest BCUT2D eigenvalue weighted by Gasteiger charge is -2.18. The molecule has 0 heterocycles. The van der Waals surface area contributed by atoms with E-state index < -0.39 is 5.92 Å². The van der Waals surface area contributed by atoms with E-state index in [1.54, 1.807) is 36.4 Å². The molecule has 1 unspecified atom stereocenters. The monoisotopic (exact) mass is 360 g/mol. The molecule has 0 bridgehead atoms. The van der Waals surface area contributed by atoms with E-state index in [1.165, 1.54) is 0 Å². The Labute approximate surface area is 129 Å². The second-order valence-electron chi connectivity index (χ2n) is 4.10. The molecule has 2 nitrogen and oxygen atoms in total. The first-order valence-electron chi connectivity index (χ1n) is 5.57. The highest BCUT2D eigenvalue weighted by molar-refractivity contribution is 9.10. The molecule has 2 N–H and O–H groups in total. The lowest BCUT2D eigenvalue weighted by Crippen LogP contribution is -2.07. The van der Waals surface area contributed by atoms with Crippen LogP contribution >= 0.6 is 39.1 Å². The van der Waals surface area contributed by atoms with Crippen molar-refractivity contribution in [2.24, 2.45) is 0 Å². The average molecular weight is 362 g/mol. The highest BCUT2D eigenvalue weighted by Gasteiger charge is 2.20. The van der Waals surface area contributed by atoms with Crippen molar-refractivity contribution in [3.05, 3.63) is 62.0 Å². The molecule has 0 fully saturated rings. The molecule has 0 saturated carbocycles. The van der Waals surface area contributed by atoms with Crippen LogP contribution in [0.15, 0.2) is 40.9 Å². The summed E-state index contributed by atoms with van der Waals surface area (Å²) in [6, 6.07) is 10.2. The zero-order chi connectivity index (χ0) is 14.0. The molecule has 100 valence electrons. The number of hydrogen-bond donors (Lipinski definition) is 2. The van der Waals surface area contributed by atoms with Crippen molar-refractivity contribution in [3.8, 4) is 5.75 Å². The van der Waals surface area contributed by atoms with Crippen LogP contribution in [0.4, 0.5) is 0 Å². The minimum atomic E-state index is -0.401. The summed E-state index contributed by atoms with van der Waals surface area (Å²) >= 11 is 15.4. The van der Waals surface area contributed by atoms with Gasteiger partial charge in [0, 0.05) is 26.0 Å². The quantitative estimate of drug-likeness (QED) is 0.839. The van der Waals surface area contributed by atoms with Gasteiger partial charge in [-0.05, 0) is 35.9 Å². The van der Waals surface area contributed by atoms with Gasteiger partial charge in [-0.15, -0.1) is 0 Å². The summed E-state index contributed by atoms with van der Waals surface area (Å²) in [5.74, 6) is -0.282. The molecule has 2 aromatic rings. The third-order valence-corrected chi connectivity index (χ3v) is 3.94. The molecule has 2 rings (SSSR count). The zero-order valence-electron chi connectivity index (χ0n) is 9.78. The summed E-state index contributed by atoms with van der Waals surface area (Å²) in [6.45, 7) is -0.161. The van der Waals surface area contributed by atoms with Gasteiger partial charge in [-0.3, -0.25) is 0 Å². The van der Waals surface area contributed by atoms with Gasteiger partial charge in [-0.2, -0.15) is 0 Å². The molecule has 5 heteroatoms. The predicted molar refractivity (Wildman–Crippen MR) is 81.2 cm³/mol. The largest absolute Gasteiger partial charge is 0.508 e. The van der Waals surface area contributed by atoms with Crippen molar-refractivity contribution in [2.75, 3.05) is 6.61 Å². The molecule has 0 aliphatic heterocycles. The van der Waals surface area contributed by atoms with E-state index in [4.69, 9.17) is 23.2 Å². The van der Waals surface area contributed by atoms with E-state index in [0.717, 1.165) is 10.0 Å². The highest BCUT2D eigenvalue weighted by atomic mass is 79.9. The predicted octanol–water partition coefficient (Wildman–Crippen LogP) is 4.59. The van der Waals surface area contributed by atoms with E-state index in [-0.39, 0.29) is 12.4 Å². The first kappa shape index (κ1) is 14.7. The third-order valence-electron chi connectivity index (χ3n) is 2.89. The third kappa shape index (κ3) is 3.23. The minimum Gasteiger partial charge on any atom is -0.508 e. The Morgan fingerprint density at radius 2 is 1.79 bits per heavy atom. The number of phenols is 1. The fraction of sp³-hybridized carbons (Fsp3) is 0.143. The van der Waals surface area contributed by atoms with Crippen LogP contribution < -0.4 is 0 Å². The Kier molecular flexibility index (Phi) is 4.74. The fourth-order valence-electron chi connectivity index (χ4n) is 1.95. The van der Waals surface area contributed by atoms with E-state index >= 15 is 0 Å². The number of hydrogen-bond acceptors (Lipinski definition) is 2. The van der Waals surface area contributed by atoms with Gasteiger partial charge in [0.2, 0.25) is 0 Å². The molecule has 0 aliphatic rings. The van der Waals surface area contributed by atoms with Crippen LogP contribution in [0.2, 0.25) is 10.0 Å². The van der Waals surface area contributed by atoms with Gasteiger partial charge < -0.3 is 10.2 Å². The molecule has 1 atom stereocenters. The molecule has 0 saturated heterocycles. The summed E-state index contributed by atoms with van der Waals surface area (Å²) in [6.07, 6.45) is 0. The SMILES string of the molecule is OCC(c1cc(Br)ccc1O)c1ccc(Cl)cc1Cl. The first-order valence-corrected chi connectivity index (χ1v) is 7.12. The van der Waals surface area contributed by atoms with Crippen molar-refractivity contribution < 1.29 is 10.2 Å². The molecular formula is C14H11BrCl2O2. The van der Waals surface area contributed by atoms with Crippen LogP contribution in [-0.4, -0.2) is 16.8 Å². The second kappa shape index (κ2) is 6.14. The Hall–Kier alpha value is -0.740. The molecule has 19 heavy (non-hydrogen) atoms. The Morgan fingerprint density at radius 1 is 1.05 bits per heavy atom. The van der Waals surface area contributed by atoms with E-state index in [9.17, 15) is 10.2 Å². The number of phenolic OH excluding ortho intramolecular Hbond substituents is 1. The van der Waals surface area contributed by atoms with Crippen molar-refractivity contribution in [3.63, 3.8) is 0 Å². The van der Waals surface area contributed by atoms with Crippen molar-refractivity contribution in [2.45, 2.75) is 5.92 Å². The van der Waals surface area contributed by atoms with Crippen LogP contribution in [0.3, 0.4) is 0 Å². The van der Waals surface area contributed by atoms with Crippen molar-refractivity contribution >= 4 is 39.1 Å². The molecule has 0 aliphatic carbocycles. The van der Waals surface area contributed by atoms with Gasteiger partial charge in [0.1, 0.15) is 5.75 Å². The van der Waals surface area contributed by atoms with Gasteiger partial charge in [0.05, 0.1) is 6.61 Å². The maximum atomic E-state index is 9.94. The average Bonchev–Trinajstić information content (AvgIpc) is 2.36. The zero-order valence-corrected chi connectivity index (χ0v) is 12.9. The molecule has 0 spiro atoms. The normalized spacial score (nSPS) is 12.4. The van der Waals surface area contributed by atoms with Crippen LogP contribution in [0.5, 0.6) is 5.75 Å². The van der Waals surface area contributed by atoms with Gasteiger partial charge >= 0.3 is 0 Å². The summed E-state index contributed by atoms with van der Waals surface area (Å²) in [5.41, 5.74) is 1.34. The second-order valence-corrected chi connectivity index (χ2v) is 5.86. The number of aliphatic hydroxyl groups excluding tert-OH is 1. The van der Waals surface area contributed by atoms with E-state index in [1.807, 2.05) is 0 Å². The smallest absolute Gasteiger partial charge is 0.119 e. The standard InChI is InChI=1S/C14H11BrCl2O2/c15-8-1-4-14(19)11(5-8)12(7-18)10-3-2-9(16)6-13(10)17/h1-6,12,18-19H,7H2. The van der Waals surface area contributed by atoms with Crippen molar-refractivity contribution in [1.82, 2.24) is 0 Å². The number of aromatic hydroxyl groups is 1. The molecule has 0 amide bonds.